The van der Waals surface area contributed by atoms with E-state index >= 15 is 0 Å². The summed E-state index contributed by atoms with van der Waals surface area (Å²) < 4.78 is 7.52. The molecule has 1 N–H and O–H groups in total. The van der Waals surface area contributed by atoms with Crippen molar-refractivity contribution in [3.8, 4) is 0 Å². The number of benzene rings is 1. The summed E-state index contributed by atoms with van der Waals surface area (Å²) in [6.45, 7) is 1.57. The summed E-state index contributed by atoms with van der Waals surface area (Å²) in [4.78, 5) is 4.18. The summed E-state index contributed by atoms with van der Waals surface area (Å²) in [5.41, 5.74) is 2.60. The van der Waals surface area contributed by atoms with Crippen molar-refractivity contribution in [1.82, 2.24) is 14.9 Å². The van der Waals surface area contributed by atoms with Gasteiger partial charge in [-0.25, -0.2) is 4.98 Å². The van der Waals surface area contributed by atoms with Crippen molar-refractivity contribution in [1.29, 1.82) is 0 Å². The highest BCUT2D eigenvalue weighted by atomic mass is 16.5. The minimum atomic E-state index is 0.523. The molecule has 1 fully saturated rings. The molecule has 0 radical (unpaired) electrons. The van der Waals surface area contributed by atoms with E-state index in [9.17, 15) is 0 Å². The van der Waals surface area contributed by atoms with Gasteiger partial charge in [0.25, 0.3) is 0 Å². The minimum Gasteiger partial charge on any atom is -0.380 e. The Balaban J connectivity index is 1.64. The van der Waals surface area contributed by atoms with Gasteiger partial charge >= 0.3 is 0 Å². The average molecular weight is 285 g/mol. The summed E-state index contributed by atoms with van der Waals surface area (Å²) in [6, 6.07) is 9.54. The van der Waals surface area contributed by atoms with Crippen molar-refractivity contribution < 1.29 is 4.74 Å². The molecule has 2 unspecified atom stereocenters. The number of ether oxygens (including phenoxy) is 1. The van der Waals surface area contributed by atoms with Gasteiger partial charge in [0.1, 0.15) is 0 Å². The number of aromatic nitrogens is 2. The van der Waals surface area contributed by atoms with E-state index in [0.29, 0.717) is 18.7 Å². The molecular formula is C17H23N3O. The monoisotopic (exact) mass is 285 g/mol. The van der Waals surface area contributed by atoms with Crippen molar-refractivity contribution >= 4 is 0 Å². The van der Waals surface area contributed by atoms with Gasteiger partial charge in [0.2, 0.25) is 0 Å². The fourth-order valence-corrected chi connectivity index (χ4v) is 3.27. The van der Waals surface area contributed by atoms with Gasteiger partial charge in [0, 0.05) is 38.1 Å². The first-order chi connectivity index (χ1) is 10.4. The Kier molecular flexibility index (Phi) is 4.68. The van der Waals surface area contributed by atoms with E-state index in [1.807, 2.05) is 12.5 Å². The molecule has 0 saturated heterocycles. The Hall–Kier alpha value is -1.65. The number of rotatable bonds is 6. The Morgan fingerprint density at radius 2 is 2.14 bits per heavy atom. The molecule has 4 heteroatoms. The normalized spacial score (nSPS) is 21.8. The first-order valence-corrected chi connectivity index (χ1v) is 7.65. The predicted molar refractivity (Wildman–Crippen MR) is 82.9 cm³/mol. The van der Waals surface area contributed by atoms with Crippen LogP contribution in [-0.2, 0) is 17.9 Å². The molecule has 1 saturated carbocycles. The lowest BCUT2D eigenvalue weighted by Crippen LogP contribution is -2.33. The zero-order chi connectivity index (χ0) is 14.5. The number of imidazole rings is 1. The summed E-state index contributed by atoms with van der Waals surface area (Å²) >= 11 is 0. The number of nitrogens with one attached hydrogen (secondary N) is 1. The molecule has 1 aromatic carbocycles. The molecule has 1 heterocycles. The van der Waals surface area contributed by atoms with Crippen molar-refractivity contribution in [3.05, 3.63) is 54.1 Å². The summed E-state index contributed by atoms with van der Waals surface area (Å²) in [7, 11) is 1.75. The molecule has 1 aromatic heterocycles. The standard InChI is InChI=1S/C17H23N3O/c1-21-12-15-6-3-2-5-14(15)11-19-16-7-4-8-17(16)20-10-9-18-13-20/h2-3,5-6,9-10,13,16-17,19H,4,7-8,11-12H2,1H3. The maximum Gasteiger partial charge on any atom is 0.0949 e. The van der Waals surface area contributed by atoms with Gasteiger partial charge in [-0.2, -0.15) is 0 Å². The first-order valence-electron chi connectivity index (χ1n) is 7.65. The van der Waals surface area contributed by atoms with E-state index in [1.54, 1.807) is 7.11 Å². The molecule has 2 aromatic rings. The molecule has 21 heavy (non-hydrogen) atoms. The lowest BCUT2D eigenvalue weighted by Gasteiger charge is -2.23. The van der Waals surface area contributed by atoms with Crippen LogP contribution in [0, 0.1) is 0 Å². The van der Waals surface area contributed by atoms with E-state index in [0.717, 1.165) is 6.54 Å². The Bertz CT molecular complexity index is 553. The van der Waals surface area contributed by atoms with Crippen molar-refractivity contribution in [2.24, 2.45) is 0 Å². The molecule has 0 bridgehead atoms. The lowest BCUT2D eigenvalue weighted by atomic mass is 10.1. The molecule has 0 spiro atoms. The largest absolute Gasteiger partial charge is 0.380 e. The molecule has 2 atom stereocenters. The maximum atomic E-state index is 5.28. The molecule has 112 valence electrons. The summed E-state index contributed by atoms with van der Waals surface area (Å²) in [5, 5.41) is 3.73. The van der Waals surface area contributed by atoms with E-state index in [1.165, 1.54) is 30.4 Å². The highest BCUT2D eigenvalue weighted by Crippen LogP contribution is 2.30. The van der Waals surface area contributed by atoms with Crippen LogP contribution in [0.25, 0.3) is 0 Å². The van der Waals surface area contributed by atoms with Crippen LogP contribution in [0.2, 0.25) is 0 Å². The molecule has 0 aliphatic heterocycles. The van der Waals surface area contributed by atoms with Gasteiger partial charge in [-0.15, -0.1) is 0 Å². The van der Waals surface area contributed by atoms with Gasteiger partial charge in [-0.05, 0) is 30.4 Å². The van der Waals surface area contributed by atoms with E-state index in [-0.39, 0.29) is 0 Å². The Morgan fingerprint density at radius 3 is 2.90 bits per heavy atom. The topological polar surface area (TPSA) is 39.1 Å². The third-order valence-corrected chi connectivity index (χ3v) is 4.36. The molecule has 3 rings (SSSR count). The van der Waals surface area contributed by atoms with E-state index in [4.69, 9.17) is 4.74 Å². The summed E-state index contributed by atoms with van der Waals surface area (Å²) in [5.74, 6) is 0. The van der Waals surface area contributed by atoms with Gasteiger partial charge in [-0.3, -0.25) is 0 Å². The van der Waals surface area contributed by atoms with Crippen LogP contribution in [-0.4, -0.2) is 22.7 Å². The fraction of sp³-hybridized carbons (Fsp3) is 0.471. The van der Waals surface area contributed by atoms with Crippen LogP contribution >= 0.6 is 0 Å². The van der Waals surface area contributed by atoms with Crippen molar-refractivity contribution in [2.75, 3.05) is 7.11 Å². The fourth-order valence-electron chi connectivity index (χ4n) is 3.27. The van der Waals surface area contributed by atoms with Gasteiger partial charge in [0.05, 0.1) is 12.9 Å². The van der Waals surface area contributed by atoms with Crippen LogP contribution in [0.5, 0.6) is 0 Å². The number of nitrogens with zero attached hydrogens (tertiary/aromatic N) is 2. The average Bonchev–Trinajstić information content (AvgIpc) is 3.17. The molecular weight excluding hydrogens is 262 g/mol. The zero-order valence-electron chi connectivity index (χ0n) is 12.5. The second kappa shape index (κ2) is 6.87. The quantitative estimate of drug-likeness (QED) is 0.887. The van der Waals surface area contributed by atoms with Crippen molar-refractivity contribution in [2.45, 2.75) is 44.5 Å². The molecule has 1 aliphatic rings. The highest BCUT2D eigenvalue weighted by molar-refractivity contribution is 5.26. The Morgan fingerprint density at radius 1 is 1.29 bits per heavy atom. The van der Waals surface area contributed by atoms with Crippen LogP contribution < -0.4 is 5.32 Å². The number of hydrogen-bond acceptors (Lipinski definition) is 3. The second-order valence-corrected chi connectivity index (χ2v) is 5.70. The van der Waals surface area contributed by atoms with Crippen LogP contribution in [0.4, 0.5) is 0 Å². The third kappa shape index (κ3) is 3.34. The second-order valence-electron chi connectivity index (χ2n) is 5.70. The van der Waals surface area contributed by atoms with E-state index < -0.39 is 0 Å². The smallest absolute Gasteiger partial charge is 0.0949 e. The lowest BCUT2D eigenvalue weighted by molar-refractivity contribution is 0.184. The van der Waals surface area contributed by atoms with Gasteiger partial charge in [-0.1, -0.05) is 24.3 Å². The van der Waals surface area contributed by atoms with Crippen LogP contribution in [0.1, 0.15) is 36.4 Å². The maximum absolute atomic E-state index is 5.28. The Labute approximate surface area is 126 Å². The number of hydrogen-bond donors (Lipinski definition) is 1. The van der Waals surface area contributed by atoms with Crippen LogP contribution in [0.15, 0.2) is 43.0 Å². The molecule has 1 aliphatic carbocycles. The molecule has 0 amide bonds. The summed E-state index contributed by atoms with van der Waals surface area (Å²) in [6.07, 6.45) is 9.61. The zero-order valence-corrected chi connectivity index (χ0v) is 12.5. The van der Waals surface area contributed by atoms with E-state index in [2.05, 4.69) is 45.3 Å². The predicted octanol–water partition coefficient (Wildman–Crippen LogP) is 2.91. The minimum absolute atomic E-state index is 0.523. The van der Waals surface area contributed by atoms with Gasteiger partial charge in [0.15, 0.2) is 0 Å². The SMILES string of the molecule is COCc1ccccc1CNC1CCCC1n1ccnc1. The van der Waals surface area contributed by atoms with Crippen molar-refractivity contribution in [3.63, 3.8) is 0 Å². The van der Waals surface area contributed by atoms with Crippen LogP contribution in [0.3, 0.4) is 0 Å². The van der Waals surface area contributed by atoms with Gasteiger partial charge < -0.3 is 14.6 Å². The third-order valence-electron chi connectivity index (χ3n) is 4.36. The first kappa shape index (κ1) is 14.3. The highest BCUT2D eigenvalue weighted by Gasteiger charge is 2.27. The number of methoxy groups -OCH3 is 1. The molecule has 4 nitrogen and oxygen atoms in total.